The molecule has 1 aromatic heterocycles. The van der Waals surface area contributed by atoms with Crippen molar-refractivity contribution in [2.45, 2.75) is 51.4 Å². The molecule has 0 spiro atoms. The minimum Gasteiger partial charge on any atom is -0.373 e. The van der Waals surface area contributed by atoms with Crippen molar-refractivity contribution in [1.82, 2.24) is 10.2 Å². The van der Waals surface area contributed by atoms with Crippen LogP contribution in [0.1, 0.15) is 36.1 Å². The molecule has 18 heavy (non-hydrogen) atoms. The van der Waals surface area contributed by atoms with E-state index in [0.717, 1.165) is 30.5 Å². The van der Waals surface area contributed by atoms with Gasteiger partial charge < -0.3 is 10.1 Å². The van der Waals surface area contributed by atoms with E-state index in [1.54, 1.807) is 0 Å². The van der Waals surface area contributed by atoms with Crippen LogP contribution >= 0.6 is 0 Å². The molecule has 0 amide bonds. The van der Waals surface area contributed by atoms with E-state index in [9.17, 15) is 5.26 Å². The lowest BCUT2D eigenvalue weighted by Gasteiger charge is -2.21. The first-order valence-electron chi connectivity index (χ1n) is 6.35. The Morgan fingerprint density at radius 1 is 1.33 bits per heavy atom. The Morgan fingerprint density at radius 2 is 2.17 bits per heavy atom. The maximum absolute atomic E-state index is 9.24. The fraction of sp³-hybridized carbons (Fsp3) is 0.615. The number of fused-ring (bicyclic) bond motifs is 2. The van der Waals surface area contributed by atoms with Gasteiger partial charge in [-0.25, -0.2) is 0 Å². The molecular formula is C13H16N4O. The number of ether oxygens (including phenoxy) is 1. The first-order valence-corrected chi connectivity index (χ1v) is 6.35. The lowest BCUT2D eigenvalue weighted by atomic mass is 9.95. The van der Waals surface area contributed by atoms with E-state index in [0.29, 0.717) is 17.5 Å². The quantitative estimate of drug-likeness (QED) is 0.857. The minimum atomic E-state index is 0.268. The Hall–Kier alpha value is -1.67. The standard InChI is InChI=1S/C13H16N4O/c1-7-8(2)16-17-13(10(7)6-14)15-11-5-9-3-4-12(11)18-9/h9,11-12H,3-5H2,1-2H3,(H,15,17)/t9-,11+,12-/m1/s1. The summed E-state index contributed by atoms with van der Waals surface area (Å²) < 4.78 is 5.79. The smallest absolute Gasteiger partial charge is 0.167 e. The van der Waals surface area contributed by atoms with Gasteiger partial charge in [0, 0.05) is 0 Å². The average Bonchev–Trinajstić information content (AvgIpc) is 2.96. The van der Waals surface area contributed by atoms with Crippen LogP contribution in [0.4, 0.5) is 5.82 Å². The zero-order valence-corrected chi connectivity index (χ0v) is 10.6. The van der Waals surface area contributed by atoms with E-state index in [-0.39, 0.29) is 12.1 Å². The molecule has 5 nitrogen and oxygen atoms in total. The number of nitriles is 1. The summed E-state index contributed by atoms with van der Waals surface area (Å²) in [7, 11) is 0. The molecule has 0 unspecified atom stereocenters. The second kappa shape index (κ2) is 4.21. The number of anilines is 1. The molecule has 2 bridgehead atoms. The number of rotatable bonds is 2. The predicted octanol–water partition coefficient (Wildman–Crippen LogP) is 1.70. The predicted molar refractivity (Wildman–Crippen MR) is 66.1 cm³/mol. The van der Waals surface area contributed by atoms with Crippen LogP contribution in [0.3, 0.4) is 0 Å². The maximum Gasteiger partial charge on any atom is 0.167 e. The first kappa shape index (κ1) is 11.4. The molecule has 2 fully saturated rings. The highest BCUT2D eigenvalue weighted by Crippen LogP contribution is 2.36. The molecule has 5 heteroatoms. The molecule has 1 N–H and O–H groups in total. The van der Waals surface area contributed by atoms with Crippen molar-refractivity contribution >= 4 is 5.82 Å². The van der Waals surface area contributed by atoms with Gasteiger partial charge in [0.1, 0.15) is 11.6 Å². The molecule has 0 aliphatic carbocycles. The van der Waals surface area contributed by atoms with Crippen LogP contribution in [-0.4, -0.2) is 28.4 Å². The summed E-state index contributed by atoms with van der Waals surface area (Å²) in [6.45, 7) is 3.78. The topological polar surface area (TPSA) is 70.8 Å². The third kappa shape index (κ3) is 1.73. The van der Waals surface area contributed by atoms with Gasteiger partial charge in [0.15, 0.2) is 5.82 Å². The van der Waals surface area contributed by atoms with Crippen molar-refractivity contribution in [3.63, 3.8) is 0 Å². The number of aromatic nitrogens is 2. The Bertz CT molecular complexity index is 522. The van der Waals surface area contributed by atoms with E-state index in [1.165, 1.54) is 0 Å². The maximum atomic E-state index is 9.24. The van der Waals surface area contributed by atoms with Crippen molar-refractivity contribution in [1.29, 1.82) is 5.26 Å². The van der Waals surface area contributed by atoms with Crippen LogP contribution in [0, 0.1) is 25.2 Å². The lowest BCUT2D eigenvalue weighted by Crippen LogP contribution is -2.31. The minimum absolute atomic E-state index is 0.268. The van der Waals surface area contributed by atoms with Gasteiger partial charge in [0.25, 0.3) is 0 Å². The summed E-state index contributed by atoms with van der Waals surface area (Å²) in [6.07, 6.45) is 3.92. The van der Waals surface area contributed by atoms with Gasteiger partial charge in [0.05, 0.1) is 23.9 Å². The van der Waals surface area contributed by atoms with Crippen molar-refractivity contribution in [3.8, 4) is 6.07 Å². The van der Waals surface area contributed by atoms with Gasteiger partial charge in [-0.2, -0.15) is 10.4 Å². The number of nitrogens with one attached hydrogen (secondary N) is 1. The number of nitrogens with zero attached hydrogens (tertiary/aromatic N) is 3. The summed E-state index contributed by atoms with van der Waals surface area (Å²) in [5.74, 6) is 0.599. The number of aryl methyl sites for hydroxylation is 1. The summed E-state index contributed by atoms with van der Waals surface area (Å²) >= 11 is 0. The second-order valence-corrected chi connectivity index (χ2v) is 5.11. The zero-order chi connectivity index (χ0) is 12.7. The molecule has 0 saturated carbocycles. The van der Waals surface area contributed by atoms with Crippen LogP contribution in [0.15, 0.2) is 0 Å². The van der Waals surface area contributed by atoms with Crippen LogP contribution in [-0.2, 0) is 4.74 Å². The summed E-state index contributed by atoms with van der Waals surface area (Å²) in [6, 6.07) is 2.49. The fourth-order valence-corrected chi connectivity index (χ4v) is 2.81. The van der Waals surface area contributed by atoms with Crippen molar-refractivity contribution in [2.75, 3.05) is 5.32 Å². The summed E-state index contributed by atoms with van der Waals surface area (Å²) in [5, 5.41) is 20.8. The summed E-state index contributed by atoms with van der Waals surface area (Å²) in [5.41, 5.74) is 2.31. The van der Waals surface area contributed by atoms with Crippen LogP contribution in [0.25, 0.3) is 0 Å². The Morgan fingerprint density at radius 3 is 2.78 bits per heavy atom. The molecular weight excluding hydrogens is 228 g/mol. The SMILES string of the molecule is Cc1nnc(N[C@H]2C[C@H]3CC[C@H]2O3)c(C#N)c1C. The molecule has 3 rings (SSSR count). The summed E-state index contributed by atoms with van der Waals surface area (Å²) in [4.78, 5) is 0. The third-order valence-corrected chi connectivity index (χ3v) is 3.99. The van der Waals surface area contributed by atoms with Gasteiger partial charge in [-0.15, -0.1) is 5.10 Å². The van der Waals surface area contributed by atoms with Gasteiger partial charge in [-0.1, -0.05) is 0 Å². The number of hydrogen-bond donors (Lipinski definition) is 1. The molecule has 94 valence electrons. The van der Waals surface area contributed by atoms with Crippen molar-refractivity contribution < 1.29 is 4.74 Å². The molecule has 2 aliphatic rings. The monoisotopic (exact) mass is 244 g/mol. The third-order valence-electron chi connectivity index (χ3n) is 3.99. The molecule has 3 atom stereocenters. The molecule has 3 heterocycles. The highest BCUT2D eigenvalue weighted by molar-refractivity contribution is 5.56. The van der Waals surface area contributed by atoms with Crippen molar-refractivity contribution in [2.24, 2.45) is 0 Å². The van der Waals surface area contributed by atoms with Gasteiger partial charge in [-0.05, 0) is 38.7 Å². The Balaban J connectivity index is 1.85. The van der Waals surface area contributed by atoms with Gasteiger partial charge in [0.2, 0.25) is 0 Å². The zero-order valence-electron chi connectivity index (χ0n) is 10.6. The van der Waals surface area contributed by atoms with Crippen LogP contribution in [0.2, 0.25) is 0 Å². The van der Waals surface area contributed by atoms with Gasteiger partial charge in [-0.3, -0.25) is 0 Å². The molecule has 0 aromatic carbocycles. The van der Waals surface area contributed by atoms with E-state index < -0.39 is 0 Å². The highest BCUT2D eigenvalue weighted by Gasteiger charge is 2.41. The van der Waals surface area contributed by atoms with E-state index in [1.807, 2.05) is 13.8 Å². The molecule has 2 saturated heterocycles. The van der Waals surface area contributed by atoms with Gasteiger partial charge >= 0.3 is 0 Å². The molecule has 0 radical (unpaired) electrons. The van der Waals surface area contributed by atoms with E-state index >= 15 is 0 Å². The van der Waals surface area contributed by atoms with Crippen LogP contribution < -0.4 is 5.32 Å². The largest absolute Gasteiger partial charge is 0.373 e. The number of hydrogen-bond acceptors (Lipinski definition) is 5. The van der Waals surface area contributed by atoms with Crippen LogP contribution in [0.5, 0.6) is 0 Å². The first-order chi connectivity index (χ1) is 8.69. The van der Waals surface area contributed by atoms with E-state index in [2.05, 4.69) is 21.6 Å². The molecule has 2 aliphatic heterocycles. The average molecular weight is 244 g/mol. The lowest BCUT2D eigenvalue weighted by molar-refractivity contribution is 0.102. The second-order valence-electron chi connectivity index (χ2n) is 5.11. The fourth-order valence-electron chi connectivity index (χ4n) is 2.81. The molecule has 1 aromatic rings. The Labute approximate surface area is 106 Å². The highest BCUT2D eigenvalue weighted by atomic mass is 16.5. The van der Waals surface area contributed by atoms with E-state index in [4.69, 9.17) is 4.74 Å². The van der Waals surface area contributed by atoms with Crippen molar-refractivity contribution in [3.05, 3.63) is 16.8 Å². The normalized spacial score (nSPS) is 29.3. The Kier molecular flexibility index (Phi) is 2.67.